The van der Waals surface area contributed by atoms with Crippen LogP contribution in [0.15, 0.2) is 65.2 Å². The number of nitrogens with zero attached hydrogens (tertiary/aromatic N) is 1. The molecule has 1 saturated heterocycles. The standard InChI is InChI=1S/C20H19ClFN3OS/c1-12-19(13-2-6-15(22)7-3-13)20-23-16(10-18(26)25(20)24-12)11-27-17-8-4-14(21)5-9-17/h2-10,12,19-20,23-24H,11H2,1H3. The lowest BCUT2D eigenvalue weighted by molar-refractivity contribution is -0.131. The zero-order chi connectivity index (χ0) is 19.0. The van der Waals surface area contributed by atoms with Gasteiger partial charge >= 0.3 is 0 Å². The number of hydrazine groups is 1. The largest absolute Gasteiger partial charge is 0.366 e. The Morgan fingerprint density at radius 2 is 1.85 bits per heavy atom. The maximum absolute atomic E-state index is 13.3. The molecule has 4 nitrogen and oxygen atoms in total. The molecule has 3 atom stereocenters. The lowest BCUT2D eigenvalue weighted by atomic mass is 9.90. The highest BCUT2D eigenvalue weighted by Gasteiger charge is 2.44. The van der Waals surface area contributed by atoms with Gasteiger partial charge in [-0.25, -0.2) is 9.82 Å². The van der Waals surface area contributed by atoms with Gasteiger partial charge in [0.2, 0.25) is 0 Å². The van der Waals surface area contributed by atoms with Crippen molar-refractivity contribution in [2.45, 2.75) is 29.9 Å². The third-order valence-corrected chi connectivity index (χ3v) is 6.14. The van der Waals surface area contributed by atoms with Crippen LogP contribution in [0.1, 0.15) is 18.4 Å². The monoisotopic (exact) mass is 403 g/mol. The van der Waals surface area contributed by atoms with Crippen LogP contribution >= 0.6 is 23.4 Å². The predicted molar refractivity (Wildman–Crippen MR) is 106 cm³/mol. The Kier molecular flexibility index (Phi) is 5.12. The van der Waals surface area contributed by atoms with Crippen LogP contribution in [-0.4, -0.2) is 28.9 Å². The number of hydrogen-bond acceptors (Lipinski definition) is 4. The molecule has 0 aromatic heterocycles. The molecule has 4 rings (SSSR count). The van der Waals surface area contributed by atoms with Crippen molar-refractivity contribution in [3.63, 3.8) is 0 Å². The number of nitrogens with one attached hydrogen (secondary N) is 2. The molecule has 2 aromatic carbocycles. The van der Waals surface area contributed by atoms with Gasteiger partial charge in [0, 0.05) is 39.4 Å². The second-order valence-electron chi connectivity index (χ2n) is 6.70. The summed E-state index contributed by atoms with van der Waals surface area (Å²) in [4.78, 5) is 13.7. The van der Waals surface area contributed by atoms with Crippen LogP contribution in [0.4, 0.5) is 4.39 Å². The molecule has 2 N–H and O–H groups in total. The molecule has 27 heavy (non-hydrogen) atoms. The summed E-state index contributed by atoms with van der Waals surface area (Å²) in [6, 6.07) is 14.2. The number of carbonyl (C=O) groups excluding carboxylic acids is 1. The number of thioether (sulfide) groups is 1. The van der Waals surface area contributed by atoms with Crippen molar-refractivity contribution in [1.82, 2.24) is 15.8 Å². The fraction of sp³-hybridized carbons (Fsp3) is 0.250. The first-order valence-corrected chi connectivity index (χ1v) is 10.1. The van der Waals surface area contributed by atoms with Crippen LogP contribution in [0.3, 0.4) is 0 Å². The van der Waals surface area contributed by atoms with Gasteiger partial charge in [-0.15, -0.1) is 11.8 Å². The number of carbonyl (C=O) groups is 1. The number of hydrogen-bond donors (Lipinski definition) is 2. The Morgan fingerprint density at radius 3 is 2.56 bits per heavy atom. The van der Waals surface area contributed by atoms with E-state index in [4.69, 9.17) is 11.6 Å². The Labute approximate surface area is 166 Å². The molecule has 3 unspecified atom stereocenters. The first-order chi connectivity index (χ1) is 13.0. The highest BCUT2D eigenvalue weighted by molar-refractivity contribution is 7.99. The molecule has 0 saturated carbocycles. The summed E-state index contributed by atoms with van der Waals surface area (Å²) < 4.78 is 13.3. The lowest BCUT2D eigenvalue weighted by Crippen LogP contribution is -2.53. The summed E-state index contributed by atoms with van der Waals surface area (Å²) in [5.41, 5.74) is 5.11. The predicted octanol–water partition coefficient (Wildman–Crippen LogP) is 3.90. The Hall–Kier alpha value is -2.02. The average molecular weight is 404 g/mol. The van der Waals surface area contributed by atoms with Gasteiger partial charge in [-0.3, -0.25) is 9.80 Å². The van der Waals surface area contributed by atoms with Crippen molar-refractivity contribution in [2.75, 3.05) is 5.75 Å². The van der Waals surface area contributed by atoms with Crippen LogP contribution in [0.2, 0.25) is 5.02 Å². The van der Waals surface area contributed by atoms with Crippen LogP contribution in [0.25, 0.3) is 0 Å². The van der Waals surface area contributed by atoms with E-state index >= 15 is 0 Å². The molecular formula is C20H19ClFN3OS. The van der Waals surface area contributed by atoms with Crippen LogP contribution in [0.5, 0.6) is 0 Å². The topological polar surface area (TPSA) is 44.4 Å². The van der Waals surface area contributed by atoms with Crippen LogP contribution in [-0.2, 0) is 4.79 Å². The Bertz CT molecular complexity index is 872. The number of amides is 1. The summed E-state index contributed by atoms with van der Waals surface area (Å²) in [7, 11) is 0. The number of fused-ring (bicyclic) bond motifs is 1. The fourth-order valence-electron chi connectivity index (χ4n) is 3.55. The first kappa shape index (κ1) is 18.3. The van der Waals surface area contributed by atoms with Gasteiger partial charge < -0.3 is 5.32 Å². The van der Waals surface area contributed by atoms with Crippen LogP contribution < -0.4 is 10.7 Å². The van der Waals surface area contributed by atoms with Crippen molar-refractivity contribution in [3.8, 4) is 0 Å². The van der Waals surface area contributed by atoms with E-state index in [0.29, 0.717) is 10.8 Å². The third kappa shape index (κ3) is 3.83. The van der Waals surface area contributed by atoms with Crippen LogP contribution in [0, 0.1) is 5.82 Å². The molecule has 2 aromatic rings. The lowest BCUT2D eigenvalue weighted by Gasteiger charge is -2.33. The molecule has 0 spiro atoms. The number of halogens is 2. The molecule has 0 aliphatic carbocycles. The molecule has 1 fully saturated rings. The van der Waals surface area contributed by atoms with Gasteiger partial charge in [0.1, 0.15) is 12.0 Å². The molecule has 0 bridgehead atoms. The smallest absolute Gasteiger partial charge is 0.264 e. The maximum Gasteiger partial charge on any atom is 0.264 e. The van der Waals surface area contributed by atoms with Crippen molar-refractivity contribution in [1.29, 1.82) is 0 Å². The molecule has 2 aliphatic rings. The number of benzene rings is 2. The third-order valence-electron chi connectivity index (χ3n) is 4.83. The Morgan fingerprint density at radius 1 is 1.15 bits per heavy atom. The molecule has 1 amide bonds. The SMILES string of the molecule is CC1NN2C(=O)C=C(CSc3ccc(Cl)cc3)NC2C1c1ccc(F)cc1. The molecular weight excluding hydrogens is 385 g/mol. The summed E-state index contributed by atoms with van der Waals surface area (Å²) in [6.07, 6.45) is 1.43. The first-order valence-electron chi connectivity index (χ1n) is 8.71. The molecule has 2 aliphatic heterocycles. The van der Waals surface area contributed by atoms with E-state index in [1.165, 1.54) is 12.1 Å². The molecule has 7 heteroatoms. The van der Waals surface area contributed by atoms with Crippen molar-refractivity contribution in [3.05, 3.63) is 76.7 Å². The minimum Gasteiger partial charge on any atom is -0.366 e. The summed E-state index contributed by atoms with van der Waals surface area (Å²) >= 11 is 7.57. The van der Waals surface area contributed by atoms with E-state index in [1.54, 1.807) is 35.0 Å². The second-order valence-corrected chi connectivity index (χ2v) is 8.19. The van der Waals surface area contributed by atoms with Gasteiger partial charge in [-0.2, -0.15) is 0 Å². The minimum atomic E-state index is -0.262. The summed E-state index contributed by atoms with van der Waals surface area (Å²) in [6.45, 7) is 2.03. The van der Waals surface area contributed by atoms with E-state index in [1.807, 2.05) is 31.2 Å². The van der Waals surface area contributed by atoms with Crippen molar-refractivity contribution >= 4 is 29.3 Å². The molecule has 0 radical (unpaired) electrons. The zero-order valence-corrected chi connectivity index (χ0v) is 16.2. The maximum atomic E-state index is 13.3. The van der Waals surface area contributed by atoms with E-state index in [-0.39, 0.29) is 29.8 Å². The van der Waals surface area contributed by atoms with E-state index in [9.17, 15) is 9.18 Å². The van der Waals surface area contributed by atoms with E-state index < -0.39 is 0 Å². The summed E-state index contributed by atoms with van der Waals surface area (Å²) in [5.74, 6) is 0.352. The van der Waals surface area contributed by atoms with Gasteiger partial charge in [-0.05, 0) is 48.9 Å². The van der Waals surface area contributed by atoms with Gasteiger partial charge in [0.25, 0.3) is 5.91 Å². The van der Waals surface area contributed by atoms with Gasteiger partial charge in [-0.1, -0.05) is 23.7 Å². The van der Waals surface area contributed by atoms with E-state index in [2.05, 4.69) is 10.7 Å². The van der Waals surface area contributed by atoms with Crippen molar-refractivity contribution < 1.29 is 9.18 Å². The minimum absolute atomic E-state index is 0.0266. The Balaban J connectivity index is 1.51. The quantitative estimate of drug-likeness (QED) is 0.760. The van der Waals surface area contributed by atoms with E-state index in [0.717, 1.165) is 16.2 Å². The highest BCUT2D eigenvalue weighted by Crippen LogP contribution is 2.34. The fourth-order valence-corrected chi connectivity index (χ4v) is 4.49. The average Bonchev–Trinajstić information content (AvgIpc) is 2.99. The normalized spacial score (nSPS) is 24.4. The molecule has 140 valence electrons. The zero-order valence-electron chi connectivity index (χ0n) is 14.7. The molecule has 2 heterocycles. The van der Waals surface area contributed by atoms with Gasteiger partial charge in [0.15, 0.2) is 0 Å². The highest BCUT2D eigenvalue weighted by atomic mass is 35.5. The number of rotatable bonds is 4. The van der Waals surface area contributed by atoms with Gasteiger partial charge in [0.05, 0.1) is 0 Å². The summed E-state index contributed by atoms with van der Waals surface area (Å²) in [5, 5.41) is 5.82. The second kappa shape index (κ2) is 7.54. The van der Waals surface area contributed by atoms with Crippen molar-refractivity contribution in [2.24, 2.45) is 0 Å².